The van der Waals surface area contributed by atoms with Gasteiger partial charge in [0.2, 0.25) is 0 Å². The van der Waals surface area contributed by atoms with E-state index in [1.807, 2.05) is 6.92 Å². The van der Waals surface area contributed by atoms with Crippen LogP contribution in [-0.2, 0) is 4.79 Å². The number of rotatable bonds is 1. The molecule has 1 N–H and O–H groups in total. The van der Waals surface area contributed by atoms with Crippen molar-refractivity contribution in [2.75, 3.05) is 16.8 Å². The Balaban J connectivity index is 2.60. The Hall–Kier alpha value is -1.58. The van der Waals surface area contributed by atoms with Crippen molar-refractivity contribution in [1.82, 2.24) is 0 Å². The number of hydrogen-bond acceptors (Lipinski definition) is 2. The fourth-order valence-electron chi connectivity index (χ4n) is 1.99. The monoisotopic (exact) mass is 222 g/mol. The Morgan fingerprint density at radius 3 is 2.75 bits per heavy atom. The molecule has 1 heterocycles. The van der Waals surface area contributed by atoms with Gasteiger partial charge >= 0.3 is 0 Å². The zero-order chi connectivity index (χ0) is 11.9. The predicted octanol–water partition coefficient (Wildman–Crippen LogP) is 2.38. The maximum absolute atomic E-state index is 13.7. The SMILES string of the molecule is CCN1C(=O)C(C)(C)Nc2c(F)cccc21. The van der Waals surface area contributed by atoms with Gasteiger partial charge in [-0.2, -0.15) is 0 Å². The number of carbonyl (C=O) groups is 1. The quantitative estimate of drug-likeness (QED) is 0.791. The molecule has 86 valence electrons. The first kappa shape index (κ1) is 10.9. The summed E-state index contributed by atoms with van der Waals surface area (Å²) in [6.45, 7) is 5.94. The van der Waals surface area contributed by atoms with Gasteiger partial charge in [0.05, 0.1) is 11.4 Å². The van der Waals surface area contributed by atoms with E-state index in [1.54, 1.807) is 30.9 Å². The molecule has 2 rings (SSSR count). The summed E-state index contributed by atoms with van der Waals surface area (Å²) in [4.78, 5) is 13.7. The van der Waals surface area contributed by atoms with E-state index in [0.29, 0.717) is 17.9 Å². The maximum Gasteiger partial charge on any atom is 0.252 e. The van der Waals surface area contributed by atoms with Crippen LogP contribution >= 0.6 is 0 Å². The van der Waals surface area contributed by atoms with E-state index in [-0.39, 0.29) is 11.7 Å². The molecule has 0 saturated heterocycles. The average Bonchev–Trinajstić information content (AvgIpc) is 2.22. The largest absolute Gasteiger partial charge is 0.368 e. The molecule has 0 aliphatic carbocycles. The van der Waals surface area contributed by atoms with Crippen molar-refractivity contribution >= 4 is 17.3 Å². The second-order valence-corrected chi connectivity index (χ2v) is 4.43. The molecule has 0 spiro atoms. The van der Waals surface area contributed by atoms with Crippen molar-refractivity contribution in [2.24, 2.45) is 0 Å². The molecule has 0 radical (unpaired) electrons. The highest BCUT2D eigenvalue weighted by Gasteiger charge is 2.38. The number of para-hydroxylation sites is 1. The van der Waals surface area contributed by atoms with Crippen molar-refractivity contribution < 1.29 is 9.18 Å². The molecule has 0 atom stereocenters. The summed E-state index contributed by atoms with van der Waals surface area (Å²) in [5.74, 6) is -0.357. The molecule has 0 bridgehead atoms. The van der Waals surface area contributed by atoms with E-state index < -0.39 is 5.54 Å². The van der Waals surface area contributed by atoms with Crippen LogP contribution in [0.3, 0.4) is 0 Å². The predicted molar refractivity (Wildman–Crippen MR) is 62.1 cm³/mol. The summed E-state index contributed by atoms with van der Waals surface area (Å²) in [5, 5.41) is 2.95. The number of halogens is 1. The van der Waals surface area contributed by atoms with Gasteiger partial charge in [-0.15, -0.1) is 0 Å². The minimum atomic E-state index is -0.759. The van der Waals surface area contributed by atoms with Crippen LogP contribution in [0.4, 0.5) is 15.8 Å². The first-order chi connectivity index (χ1) is 7.47. The number of likely N-dealkylation sites (N-methyl/N-ethyl adjacent to an activating group) is 1. The lowest BCUT2D eigenvalue weighted by molar-refractivity contribution is -0.122. The number of hydrogen-bond donors (Lipinski definition) is 1. The highest BCUT2D eigenvalue weighted by molar-refractivity contribution is 6.07. The van der Waals surface area contributed by atoms with E-state index in [2.05, 4.69) is 5.32 Å². The van der Waals surface area contributed by atoms with Crippen molar-refractivity contribution in [1.29, 1.82) is 0 Å². The van der Waals surface area contributed by atoms with E-state index >= 15 is 0 Å². The number of nitrogens with zero attached hydrogens (tertiary/aromatic N) is 1. The number of carbonyl (C=O) groups excluding carboxylic acids is 1. The molecular formula is C12H15FN2O. The minimum absolute atomic E-state index is 0.0342. The first-order valence-corrected chi connectivity index (χ1v) is 5.36. The molecule has 1 amide bonds. The van der Waals surface area contributed by atoms with E-state index in [9.17, 15) is 9.18 Å². The normalized spacial score (nSPS) is 18.0. The van der Waals surface area contributed by atoms with Crippen molar-refractivity contribution in [3.05, 3.63) is 24.0 Å². The van der Waals surface area contributed by atoms with Gasteiger partial charge < -0.3 is 10.2 Å². The van der Waals surface area contributed by atoms with E-state index in [0.717, 1.165) is 0 Å². The van der Waals surface area contributed by atoms with Gasteiger partial charge in [-0.25, -0.2) is 4.39 Å². The molecule has 0 saturated carbocycles. The molecule has 0 unspecified atom stereocenters. The molecule has 0 aromatic heterocycles. The summed E-state index contributed by atoms with van der Waals surface area (Å²) < 4.78 is 13.7. The molecule has 1 aliphatic rings. The van der Waals surface area contributed by atoms with Crippen LogP contribution in [0.2, 0.25) is 0 Å². The smallest absolute Gasteiger partial charge is 0.252 e. The summed E-state index contributed by atoms with van der Waals surface area (Å²) in [6, 6.07) is 4.76. The van der Waals surface area contributed by atoms with E-state index in [1.165, 1.54) is 6.07 Å². The summed E-state index contributed by atoms with van der Waals surface area (Å²) in [6.07, 6.45) is 0. The van der Waals surface area contributed by atoms with Crippen molar-refractivity contribution in [3.8, 4) is 0 Å². The second-order valence-electron chi connectivity index (χ2n) is 4.43. The van der Waals surface area contributed by atoms with Gasteiger partial charge in [-0.1, -0.05) is 6.07 Å². The van der Waals surface area contributed by atoms with Crippen LogP contribution in [0.25, 0.3) is 0 Å². The molecule has 4 heteroatoms. The lowest BCUT2D eigenvalue weighted by Gasteiger charge is -2.39. The lowest BCUT2D eigenvalue weighted by atomic mass is 9.98. The highest BCUT2D eigenvalue weighted by atomic mass is 19.1. The molecule has 1 aliphatic heterocycles. The first-order valence-electron chi connectivity index (χ1n) is 5.36. The Bertz CT molecular complexity index is 443. The molecule has 16 heavy (non-hydrogen) atoms. The number of benzene rings is 1. The van der Waals surface area contributed by atoms with E-state index in [4.69, 9.17) is 0 Å². The molecule has 3 nitrogen and oxygen atoms in total. The summed E-state index contributed by atoms with van der Waals surface area (Å²) in [5.41, 5.74) is 0.270. The van der Waals surface area contributed by atoms with Crippen molar-refractivity contribution in [2.45, 2.75) is 26.3 Å². The minimum Gasteiger partial charge on any atom is -0.368 e. The van der Waals surface area contributed by atoms with Gasteiger partial charge in [0.15, 0.2) is 0 Å². The van der Waals surface area contributed by atoms with Crippen molar-refractivity contribution in [3.63, 3.8) is 0 Å². The second kappa shape index (κ2) is 3.47. The number of amides is 1. The average molecular weight is 222 g/mol. The topological polar surface area (TPSA) is 32.3 Å². The molecular weight excluding hydrogens is 207 g/mol. The number of fused-ring (bicyclic) bond motifs is 1. The van der Waals surface area contributed by atoms with Crippen LogP contribution < -0.4 is 10.2 Å². The van der Waals surface area contributed by atoms with Crippen LogP contribution in [0.5, 0.6) is 0 Å². The third-order valence-corrected chi connectivity index (χ3v) is 2.82. The number of nitrogens with one attached hydrogen (secondary N) is 1. The van der Waals surface area contributed by atoms with Crippen LogP contribution in [0.15, 0.2) is 18.2 Å². The Morgan fingerprint density at radius 1 is 1.44 bits per heavy atom. The van der Waals surface area contributed by atoms with Gasteiger partial charge in [-0.05, 0) is 32.9 Å². The van der Waals surface area contributed by atoms with Gasteiger partial charge in [0.25, 0.3) is 5.91 Å². The Kier molecular flexibility index (Phi) is 2.37. The van der Waals surface area contributed by atoms with Crippen LogP contribution in [-0.4, -0.2) is 18.0 Å². The fraction of sp³-hybridized carbons (Fsp3) is 0.417. The third kappa shape index (κ3) is 1.45. The number of anilines is 2. The molecule has 1 aromatic carbocycles. The standard InChI is InChI=1S/C12H15FN2O/c1-4-15-9-7-5-6-8(13)10(9)14-12(2,3)11(15)16/h5-7,14H,4H2,1-3H3. The van der Waals surface area contributed by atoms with Gasteiger partial charge in [0.1, 0.15) is 11.4 Å². The molecule has 0 fully saturated rings. The highest BCUT2D eigenvalue weighted by Crippen LogP contribution is 2.36. The zero-order valence-electron chi connectivity index (χ0n) is 9.67. The summed E-state index contributed by atoms with van der Waals surface area (Å²) in [7, 11) is 0. The maximum atomic E-state index is 13.7. The van der Waals surface area contributed by atoms with Gasteiger partial charge in [0, 0.05) is 6.54 Å². The lowest BCUT2D eigenvalue weighted by Crippen LogP contribution is -2.54. The Labute approximate surface area is 94.3 Å². The fourth-order valence-corrected chi connectivity index (χ4v) is 1.99. The third-order valence-electron chi connectivity index (χ3n) is 2.82. The Morgan fingerprint density at radius 2 is 2.12 bits per heavy atom. The zero-order valence-corrected chi connectivity index (χ0v) is 9.67. The van der Waals surface area contributed by atoms with Gasteiger partial charge in [-0.3, -0.25) is 4.79 Å². The molecule has 1 aromatic rings. The van der Waals surface area contributed by atoms with Crippen LogP contribution in [0.1, 0.15) is 20.8 Å². The van der Waals surface area contributed by atoms with Crippen LogP contribution in [0, 0.1) is 5.82 Å². The summed E-state index contributed by atoms with van der Waals surface area (Å²) >= 11 is 0.